The van der Waals surface area contributed by atoms with Gasteiger partial charge in [-0.25, -0.2) is 0 Å². The first kappa shape index (κ1) is 15.8. The van der Waals surface area contributed by atoms with Crippen LogP contribution in [0.25, 0.3) is 0 Å². The maximum Gasteiger partial charge on any atom is 0.0653 e. The van der Waals surface area contributed by atoms with Gasteiger partial charge in [-0.1, -0.05) is 52.0 Å². The second-order valence-electron chi connectivity index (χ2n) is 6.38. The smallest absolute Gasteiger partial charge is 0.0653 e. The molecule has 114 valence electrons. The summed E-state index contributed by atoms with van der Waals surface area (Å²) in [6.07, 6.45) is 0. The largest absolute Gasteiger partial charge is 0.329 e. The van der Waals surface area contributed by atoms with Crippen molar-refractivity contribution in [2.45, 2.75) is 45.4 Å². The van der Waals surface area contributed by atoms with Gasteiger partial charge >= 0.3 is 0 Å². The number of benzene rings is 1. The molecule has 3 nitrogen and oxygen atoms in total. The van der Waals surface area contributed by atoms with Crippen molar-refractivity contribution in [2.24, 2.45) is 12.8 Å². The summed E-state index contributed by atoms with van der Waals surface area (Å²) in [5.41, 5.74) is 11.0. The molecule has 0 aliphatic carbocycles. The highest BCUT2D eigenvalue weighted by atomic mass is 15.3. The molecule has 1 aromatic carbocycles. The summed E-state index contributed by atoms with van der Waals surface area (Å²) in [6.45, 7) is 9.36. The van der Waals surface area contributed by atoms with E-state index in [9.17, 15) is 0 Å². The monoisotopic (exact) mass is 285 g/mol. The number of rotatable bonds is 5. The van der Waals surface area contributed by atoms with E-state index in [4.69, 9.17) is 5.73 Å². The highest BCUT2D eigenvalue weighted by Crippen LogP contribution is 2.27. The summed E-state index contributed by atoms with van der Waals surface area (Å²) in [6, 6.07) is 11.0. The Labute approximate surface area is 128 Å². The fourth-order valence-corrected chi connectivity index (χ4v) is 2.65. The van der Waals surface area contributed by atoms with Crippen molar-refractivity contribution in [1.29, 1.82) is 0 Å². The highest BCUT2D eigenvalue weighted by Gasteiger charge is 2.18. The molecule has 0 bridgehead atoms. The Hall–Kier alpha value is -1.61. The lowest BCUT2D eigenvalue weighted by Crippen LogP contribution is -2.17. The zero-order valence-electron chi connectivity index (χ0n) is 13.8. The van der Waals surface area contributed by atoms with Crippen LogP contribution in [0.1, 0.15) is 68.0 Å². The minimum Gasteiger partial charge on any atom is -0.329 e. The lowest BCUT2D eigenvalue weighted by molar-refractivity contribution is 0.649. The van der Waals surface area contributed by atoms with Gasteiger partial charge in [0.2, 0.25) is 0 Å². The third-order valence-electron chi connectivity index (χ3n) is 4.12. The lowest BCUT2D eigenvalue weighted by Gasteiger charge is -2.16. The number of hydrogen-bond donors (Lipinski definition) is 1. The molecule has 2 rings (SSSR count). The van der Waals surface area contributed by atoms with Crippen LogP contribution in [-0.4, -0.2) is 16.3 Å². The van der Waals surface area contributed by atoms with Crippen LogP contribution in [0, 0.1) is 0 Å². The van der Waals surface area contributed by atoms with Crippen LogP contribution >= 0.6 is 0 Å². The van der Waals surface area contributed by atoms with Crippen LogP contribution in [0.2, 0.25) is 0 Å². The van der Waals surface area contributed by atoms with E-state index in [0.29, 0.717) is 18.4 Å². The Bertz CT molecular complexity index is 579. The van der Waals surface area contributed by atoms with E-state index in [-0.39, 0.29) is 5.92 Å². The Morgan fingerprint density at radius 3 is 2.00 bits per heavy atom. The van der Waals surface area contributed by atoms with E-state index in [2.05, 4.69) is 63.1 Å². The van der Waals surface area contributed by atoms with Crippen LogP contribution in [0.3, 0.4) is 0 Å². The molecular formula is C18H27N3. The molecule has 21 heavy (non-hydrogen) atoms. The summed E-state index contributed by atoms with van der Waals surface area (Å²) >= 11 is 0. The molecule has 1 unspecified atom stereocenters. The first-order valence-corrected chi connectivity index (χ1v) is 7.77. The van der Waals surface area contributed by atoms with E-state index in [1.54, 1.807) is 0 Å². The summed E-state index contributed by atoms with van der Waals surface area (Å²) in [5.74, 6) is 1.20. The zero-order chi connectivity index (χ0) is 15.6. The van der Waals surface area contributed by atoms with Gasteiger partial charge in [-0.2, -0.15) is 5.10 Å². The molecule has 0 radical (unpaired) electrons. The molecule has 0 spiro atoms. The van der Waals surface area contributed by atoms with Gasteiger partial charge in [-0.3, -0.25) is 4.68 Å². The quantitative estimate of drug-likeness (QED) is 0.909. The second kappa shape index (κ2) is 6.44. The van der Waals surface area contributed by atoms with Crippen molar-refractivity contribution in [2.75, 3.05) is 6.54 Å². The highest BCUT2D eigenvalue weighted by molar-refractivity contribution is 5.33. The van der Waals surface area contributed by atoms with E-state index < -0.39 is 0 Å². The number of nitrogens with two attached hydrogens (primary N) is 1. The molecule has 3 heteroatoms. The standard InChI is InChI=1S/C18H27N3/c1-12(2)14-6-8-15(9-7-14)16(11-19)18-10-17(13(3)4)20-21(18)5/h6-10,12-13,16H,11,19H2,1-5H3. The summed E-state index contributed by atoms with van der Waals surface area (Å²) in [7, 11) is 2.01. The van der Waals surface area contributed by atoms with Crippen molar-refractivity contribution in [3.05, 3.63) is 52.8 Å². The molecule has 1 atom stereocenters. The van der Waals surface area contributed by atoms with Gasteiger partial charge in [0.25, 0.3) is 0 Å². The molecule has 2 aromatic rings. The van der Waals surface area contributed by atoms with Crippen LogP contribution in [0.5, 0.6) is 0 Å². The predicted molar refractivity (Wildman–Crippen MR) is 88.7 cm³/mol. The Morgan fingerprint density at radius 1 is 1.00 bits per heavy atom. The second-order valence-corrected chi connectivity index (χ2v) is 6.38. The number of nitrogens with zero attached hydrogens (tertiary/aromatic N) is 2. The third kappa shape index (κ3) is 3.35. The van der Waals surface area contributed by atoms with Gasteiger partial charge in [0.1, 0.15) is 0 Å². The molecule has 0 saturated heterocycles. The molecule has 1 aromatic heterocycles. The van der Waals surface area contributed by atoms with Crippen LogP contribution in [-0.2, 0) is 7.05 Å². The van der Waals surface area contributed by atoms with E-state index in [0.717, 1.165) is 5.69 Å². The lowest BCUT2D eigenvalue weighted by atomic mass is 9.92. The Balaban J connectivity index is 2.35. The molecule has 2 N–H and O–H groups in total. The van der Waals surface area contributed by atoms with Gasteiger partial charge in [-0.15, -0.1) is 0 Å². The van der Waals surface area contributed by atoms with E-state index in [1.807, 2.05) is 11.7 Å². The number of aryl methyl sites for hydroxylation is 1. The van der Waals surface area contributed by atoms with Crippen molar-refractivity contribution in [3.63, 3.8) is 0 Å². The SMILES string of the molecule is CC(C)c1ccc(C(CN)c2cc(C(C)C)nn2C)cc1. The summed E-state index contributed by atoms with van der Waals surface area (Å²) in [5, 5.41) is 4.61. The third-order valence-corrected chi connectivity index (χ3v) is 4.12. The normalized spacial score (nSPS) is 13.1. The van der Waals surface area contributed by atoms with Crippen molar-refractivity contribution >= 4 is 0 Å². The fraction of sp³-hybridized carbons (Fsp3) is 0.500. The molecule has 0 fully saturated rings. The number of hydrogen-bond acceptors (Lipinski definition) is 2. The van der Waals surface area contributed by atoms with Crippen LogP contribution in [0.15, 0.2) is 30.3 Å². The van der Waals surface area contributed by atoms with E-state index in [1.165, 1.54) is 16.8 Å². The van der Waals surface area contributed by atoms with Gasteiger partial charge in [-0.05, 0) is 29.0 Å². The van der Waals surface area contributed by atoms with Gasteiger partial charge in [0, 0.05) is 25.2 Å². The van der Waals surface area contributed by atoms with Crippen molar-refractivity contribution < 1.29 is 0 Å². The molecular weight excluding hydrogens is 258 g/mol. The fourth-order valence-electron chi connectivity index (χ4n) is 2.65. The molecule has 0 saturated carbocycles. The molecule has 0 aliphatic heterocycles. The first-order valence-electron chi connectivity index (χ1n) is 7.77. The van der Waals surface area contributed by atoms with Crippen molar-refractivity contribution in [1.82, 2.24) is 9.78 Å². The van der Waals surface area contributed by atoms with E-state index >= 15 is 0 Å². The summed E-state index contributed by atoms with van der Waals surface area (Å²) < 4.78 is 1.98. The minimum absolute atomic E-state index is 0.205. The van der Waals surface area contributed by atoms with Crippen LogP contribution < -0.4 is 5.73 Å². The van der Waals surface area contributed by atoms with Crippen LogP contribution in [0.4, 0.5) is 0 Å². The first-order chi connectivity index (χ1) is 9.93. The minimum atomic E-state index is 0.205. The Kier molecular flexibility index (Phi) is 4.84. The molecule has 0 aliphatic rings. The maximum absolute atomic E-state index is 6.05. The maximum atomic E-state index is 6.05. The zero-order valence-corrected chi connectivity index (χ0v) is 13.8. The van der Waals surface area contributed by atoms with Gasteiger partial charge in [0.15, 0.2) is 0 Å². The average Bonchev–Trinajstić information content (AvgIpc) is 2.83. The van der Waals surface area contributed by atoms with Gasteiger partial charge < -0.3 is 5.73 Å². The Morgan fingerprint density at radius 2 is 1.57 bits per heavy atom. The summed E-state index contributed by atoms with van der Waals surface area (Å²) in [4.78, 5) is 0. The molecule has 1 heterocycles. The average molecular weight is 285 g/mol. The molecule has 0 amide bonds. The topological polar surface area (TPSA) is 43.8 Å². The predicted octanol–water partition coefficient (Wildman–Crippen LogP) is 3.76. The van der Waals surface area contributed by atoms with Gasteiger partial charge in [0.05, 0.1) is 5.69 Å². The van der Waals surface area contributed by atoms with Crippen molar-refractivity contribution in [3.8, 4) is 0 Å². The number of aromatic nitrogens is 2.